The minimum Gasteiger partial charge on any atom is -0.497 e. The zero-order valence-electron chi connectivity index (χ0n) is 25.8. The van der Waals surface area contributed by atoms with Crippen molar-refractivity contribution in [2.75, 3.05) is 32.1 Å². The minimum atomic E-state index is -0.354. The Labute approximate surface area is 252 Å². The highest BCUT2D eigenvalue weighted by molar-refractivity contribution is 5.96. The van der Waals surface area contributed by atoms with E-state index in [1.54, 1.807) is 18.2 Å². The predicted molar refractivity (Wildman–Crippen MR) is 166 cm³/mol. The lowest BCUT2D eigenvalue weighted by atomic mass is 9.45. The van der Waals surface area contributed by atoms with Crippen LogP contribution in [0.4, 0.5) is 10.1 Å². The number of piperazine rings is 1. The highest BCUT2D eigenvalue weighted by Gasteiger charge is 2.56. The van der Waals surface area contributed by atoms with Gasteiger partial charge in [0.25, 0.3) is 5.56 Å². The fraction of sp³-hybridized carbons (Fsp3) is 0.545. The van der Waals surface area contributed by atoms with Gasteiger partial charge in [-0.05, 0) is 79.2 Å². The quantitative estimate of drug-likeness (QED) is 0.308. The molecule has 1 saturated heterocycles. The first-order valence-electron chi connectivity index (χ1n) is 15.4. The smallest absolute Gasteiger partial charge is 0.261 e. The van der Waals surface area contributed by atoms with E-state index in [0.29, 0.717) is 78.0 Å². The highest BCUT2D eigenvalue weighted by atomic mass is 19.1. The van der Waals surface area contributed by atoms with Gasteiger partial charge in [-0.2, -0.15) is 5.06 Å². The largest absolute Gasteiger partial charge is 0.497 e. The number of methoxy groups -OCH3 is 1. The van der Waals surface area contributed by atoms with E-state index >= 15 is 0 Å². The van der Waals surface area contributed by atoms with E-state index in [2.05, 4.69) is 36.0 Å². The molecule has 3 aliphatic carbocycles. The number of rotatable bonds is 6. The number of ether oxygens (including phenoxy) is 1. The number of nitrogens with zero attached hydrogens (tertiary/aromatic N) is 5. The molecule has 4 fully saturated rings. The van der Waals surface area contributed by atoms with Crippen molar-refractivity contribution in [3.63, 3.8) is 0 Å². The third kappa shape index (κ3) is 5.62. The molecule has 1 aromatic heterocycles. The number of guanidine groups is 1. The van der Waals surface area contributed by atoms with Crippen LogP contribution in [0.15, 0.2) is 52.5 Å². The monoisotopic (exact) mass is 590 g/mol. The number of fused-ring (bicyclic) bond motifs is 3. The molecule has 230 valence electrons. The first-order valence-corrected chi connectivity index (χ1v) is 15.4. The van der Waals surface area contributed by atoms with E-state index < -0.39 is 0 Å². The van der Waals surface area contributed by atoms with E-state index in [9.17, 15) is 14.4 Å². The zero-order valence-corrected chi connectivity index (χ0v) is 25.8. The van der Waals surface area contributed by atoms with Crippen LogP contribution in [0.5, 0.6) is 5.75 Å². The maximum atomic E-state index is 14.4. The molecule has 3 aromatic rings. The molecule has 0 radical (unpaired) electrons. The number of nitrogens with one attached hydrogen (secondary N) is 1. The Bertz CT molecular complexity index is 1590. The Morgan fingerprint density at radius 1 is 1.19 bits per heavy atom. The van der Waals surface area contributed by atoms with Crippen molar-refractivity contribution in [3.05, 3.63) is 64.5 Å². The minimum absolute atomic E-state index is 0.0139. The van der Waals surface area contributed by atoms with Gasteiger partial charge in [-0.15, -0.1) is 0 Å². The van der Waals surface area contributed by atoms with Crippen LogP contribution in [0.25, 0.3) is 10.9 Å². The van der Waals surface area contributed by atoms with Gasteiger partial charge in [0.1, 0.15) is 11.6 Å². The Kier molecular flexibility index (Phi) is 7.93. The standard InChI is InChI=1S/C33H43FN6O3/c1-20-18-38(12-13-40(20)42)32(37-29-15-23-14-27(21(29)2)33(23,3)4)36-24-7-9-26-30(16-24)35-19-39(31(26)41)11-10-22-6-8-25(43-5)17-28(22)34/h6-9,16-17,19-21,23,27,29,42H,10-15,18H2,1-5H3,(H,36,37)/t20-,21-,23-,27+,29-/m0/s1. The van der Waals surface area contributed by atoms with Gasteiger partial charge in [0.2, 0.25) is 0 Å². The molecular formula is C33H43FN6O3. The predicted octanol–water partition coefficient (Wildman–Crippen LogP) is 5.02. The third-order valence-electron chi connectivity index (χ3n) is 10.5. The Hall–Kier alpha value is -3.50. The van der Waals surface area contributed by atoms with E-state index in [1.165, 1.54) is 35.6 Å². The summed E-state index contributed by atoms with van der Waals surface area (Å²) in [5.74, 6) is 2.80. The van der Waals surface area contributed by atoms with Crippen molar-refractivity contribution in [2.24, 2.45) is 28.2 Å². The topological polar surface area (TPSA) is 95.2 Å². The Morgan fingerprint density at radius 3 is 2.70 bits per heavy atom. The van der Waals surface area contributed by atoms with Gasteiger partial charge in [0.05, 0.1) is 30.4 Å². The van der Waals surface area contributed by atoms with Crippen LogP contribution in [0.1, 0.15) is 46.1 Å². The van der Waals surface area contributed by atoms with Gasteiger partial charge in [0, 0.05) is 44.0 Å². The average Bonchev–Trinajstić information content (AvgIpc) is 2.99. The molecular weight excluding hydrogens is 547 g/mol. The lowest BCUT2D eigenvalue weighted by Crippen LogP contribution is -2.57. The normalized spacial score (nSPS) is 27.2. The molecule has 5 atom stereocenters. The van der Waals surface area contributed by atoms with Crippen molar-refractivity contribution in [1.29, 1.82) is 0 Å². The molecule has 2 bridgehead atoms. The van der Waals surface area contributed by atoms with Crippen molar-refractivity contribution in [1.82, 2.24) is 19.5 Å². The Balaban J connectivity index is 1.23. The molecule has 2 aromatic carbocycles. The van der Waals surface area contributed by atoms with Crippen LogP contribution in [0.3, 0.4) is 0 Å². The second kappa shape index (κ2) is 11.5. The second-order valence-electron chi connectivity index (χ2n) is 13.2. The average molecular weight is 591 g/mol. The molecule has 2 heterocycles. The van der Waals surface area contributed by atoms with Crippen LogP contribution in [0, 0.1) is 29.0 Å². The second-order valence-corrected chi connectivity index (χ2v) is 13.2. The number of benzene rings is 2. The summed E-state index contributed by atoms with van der Waals surface area (Å²) in [5.41, 5.74) is 2.14. The summed E-state index contributed by atoms with van der Waals surface area (Å²) >= 11 is 0. The van der Waals surface area contributed by atoms with Crippen LogP contribution in [-0.4, -0.2) is 69.5 Å². The summed E-state index contributed by atoms with van der Waals surface area (Å²) in [7, 11) is 1.50. The van der Waals surface area contributed by atoms with Crippen molar-refractivity contribution < 1.29 is 14.3 Å². The van der Waals surface area contributed by atoms with Crippen molar-refractivity contribution >= 4 is 22.5 Å². The van der Waals surface area contributed by atoms with E-state index in [1.807, 2.05) is 19.1 Å². The van der Waals surface area contributed by atoms with Gasteiger partial charge < -0.3 is 20.2 Å². The summed E-state index contributed by atoms with van der Waals surface area (Å²) in [6, 6.07) is 10.6. The van der Waals surface area contributed by atoms with Gasteiger partial charge in [-0.25, -0.2) is 14.4 Å². The molecule has 43 heavy (non-hydrogen) atoms. The molecule has 2 N–H and O–H groups in total. The molecule has 0 unspecified atom stereocenters. The van der Waals surface area contributed by atoms with Crippen LogP contribution in [0.2, 0.25) is 0 Å². The van der Waals surface area contributed by atoms with Gasteiger partial charge in [-0.3, -0.25) is 9.36 Å². The fourth-order valence-electron chi connectivity index (χ4n) is 7.41. The summed E-state index contributed by atoms with van der Waals surface area (Å²) in [6.45, 7) is 11.3. The van der Waals surface area contributed by atoms with Crippen molar-refractivity contribution in [3.8, 4) is 5.75 Å². The first kappa shape index (κ1) is 29.6. The number of halogens is 1. The summed E-state index contributed by atoms with van der Waals surface area (Å²) in [6.07, 6.45) is 4.28. The number of aromatic nitrogens is 2. The maximum absolute atomic E-state index is 14.4. The molecule has 0 amide bonds. The number of aryl methyl sites for hydroxylation is 2. The molecule has 1 aliphatic heterocycles. The molecule has 10 heteroatoms. The molecule has 9 nitrogen and oxygen atoms in total. The fourth-order valence-corrected chi connectivity index (χ4v) is 7.41. The number of hydrogen-bond donors (Lipinski definition) is 2. The highest BCUT2D eigenvalue weighted by Crippen LogP contribution is 2.61. The van der Waals surface area contributed by atoms with Crippen molar-refractivity contribution in [2.45, 2.75) is 65.6 Å². The van der Waals surface area contributed by atoms with Gasteiger partial charge >= 0.3 is 0 Å². The number of aliphatic imine (C=N–C) groups is 1. The van der Waals surface area contributed by atoms with E-state index in [4.69, 9.17) is 9.73 Å². The lowest BCUT2D eigenvalue weighted by Gasteiger charge is -2.61. The third-order valence-corrected chi connectivity index (χ3v) is 10.5. The van der Waals surface area contributed by atoms with Crippen LogP contribution < -0.4 is 15.6 Å². The maximum Gasteiger partial charge on any atom is 0.261 e. The summed E-state index contributed by atoms with van der Waals surface area (Å²) in [5, 5.41) is 15.7. The van der Waals surface area contributed by atoms with Gasteiger partial charge in [0.15, 0.2) is 5.96 Å². The SMILES string of the molecule is COc1ccc(CCn2cnc3cc(NC(=N[C@H]4C[C@@H]5C[C@H]([C@@H]4C)C5(C)C)N4CCN(O)[C@@H](C)C4)ccc3c2=O)c(F)c1. The zero-order chi connectivity index (χ0) is 30.5. The number of hydrogen-bond acceptors (Lipinski definition) is 6. The van der Waals surface area contributed by atoms with Crippen LogP contribution >= 0.6 is 0 Å². The number of anilines is 1. The molecule has 3 saturated carbocycles. The number of hydroxylamine groups is 2. The molecule has 0 spiro atoms. The summed E-state index contributed by atoms with van der Waals surface area (Å²) < 4.78 is 21.0. The molecule has 7 rings (SSSR count). The first-order chi connectivity index (χ1) is 20.5. The van der Waals surface area contributed by atoms with E-state index in [-0.39, 0.29) is 23.5 Å². The molecule has 4 aliphatic rings. The van der Waals surface area contributed by atoms with Crippen LogP contribution in [-0.2, 0) is 13.0 Å². The lowest BCUT2D eigenvalue weighted by molar-refractivity contribution is -0.142. The Morgan fingerprint density at radius 2 is 2.00 bits per heavy atom. The van der Waals surface area contributed by atoms with E-state index in [0.717, 1.165) is 18.1 Å². The summed E-state index contributed by atoms with van der Waals surface area (Å²) in [4.78, 5) is 25.4. The van der Waals surface area contributed by atoms with Gasteiger partial charge in [-0.1, -0.05) is 26.8 Å².